The fourth-order valence-electron chi connectivity index (χ4n) is 1.89. The van der Waals surface area contributed by atoms with Gasteiger partial charge in [0.05, 0.1) is 0 Å². The fraction of sp³-hybridized carbons (Fsp3) is 0.538. The van der Waals surface area contributed by atoms with Crippen molar-refractivity contribution < 1.29 is 19.7 Å². The van der Waals surface area contributed by atoms with Crippen molar-refractivity contribution in [1.29, 1.82) is 0 Å². The largest absolute Gasteiger partial charge is 0.507 e. The summed E-state index contributed by atoms with van der Waals surface area (Å²) in [5.74, 6) is 1.88. The number of fused-ring (bicyclic) bond motifs is 1. The van der Waals surface area contributed by atoms with Gasteiger partial charge in [-0.3, -0.25) is 0 Å². The maximum atomic E-state index is 9.83. The van der Waals surface area contributed by atoms with Crippen LogP contribution in [0.4, 0.5) is 0 Å². The molecule has 5 heteroatoms. The van der Waals surface area contributed by atoms with E-state index in [1.54, 1.807) is 12.1 Å². The SMILES string of the molecule is CC(CCO)CNCc1cc2c(cc1O)OCO2. The minimum atomic E-state index is 0.206. The molecule has 1 unspecified atom stereocenters. The van der Waals surface area contributed by atoms with Crippen LogP contribution in [-0.4, -0.2) is 30.2 Å². The average molecular weight is 253 g/mol. The van der Waals surface area contributed by atoms with Gasteiger partial charge in [0.2, 0.25) is 6.79 Å². The van der Waals surface area contributed by atoms with Crippen LogP contribution in [0, 0.1) is 5.92 Å². The van der Waals surface area contributed by atoms with Crippen LogP contribution >= 0.6 is 0 Å². The van der Waals surface area contributed by atoms with E-state index < -0.39 is 0 Å². The summed E-state index contributed by atoms with van der Waals surface area (Å²) < 4.78 is 10.4. The van der Waals surface area contributed by atoms with E-state index >= 15 is 0 Å². The maximum absolute atomic E-state index is 9.83. The number of phenols is 1. The van der Waals surface area contributed by atoms with Gasteiger partial charge in [-0.05, 0) is 24.9 Å². The molecule has 1 aliphatic heterocycles. The van der Waals surface area contributed by atoms with Crippen molar-refractivity contribution in [2.24, 2.45) is 5.92 Å². The molecule has 0 spiro atoms. The number of ether oxygens (including phenoxy) is 2. The van der Waals surface area contributed by atoms with Crippen LogP contribution < -0.4 is 14.8 Å². The van der Waals surface area contributed by atoms with Gasteiger partial charge in [-0.15, -0.1) is 0 Å². The first-order valence-electron chi connectivity index (χ1n) is 6.13. The van der Waals surface area contributed by atoms with Crippen molar-refractivity contribution in [3.8, 4) is 17.2 Å². The second-order valence-corrected chi connectivity index (χ2v) is 4.58. The van der Waals surface area contributed by atoms with Crippen LogP contribution in [0.1, 0.15) is 18.9 Å². The summed E-state index contributed by atoms with van der Waals surface area (Å²) in [5, 5.41) is 21.9. The Kier molecular flexibility index (Phi) is 4.28. The van der Waals surface area contributed by atoms with Gasteiger partial charge in [-0.1, -0.05) is 6.92 Å². The molecule has 3 N–H and O–H groups in total. The molecule has 1 atom stereocenters. The molecule has 1 aromatic rings. The number of phenolic OH excluding ortho intramolecular Hbond substituents is 1. The smallest absolute Gasteiger partial charge is 0.231 e. The lowest BCUT2D eigenvalue weighted by Gasteiger charge is -2.12. The lowest BCUT2D eigenvalue weighted by Crippen LogP contribution is -2.21. The Morgan fingerprint density at radius 3 is 2.78 bits per heavy atom. The third kappa shape index (κ3) is 3.05. The number of hydrogen-bond donors (Lipinski definition) is 3. The summed E-state index contributed by atoms with van der Waals surface area (Å²) in [7, 11) is 0. The molecule has 2 rings (SSSR count). The molecule has 0 bridgehead atoms. The first kappa shape index (κ1) is 13.0. The van der Waals surface area contributed by atoms with Crippen LogP contribution in [0.2, 0.25) is 0 Å². The number of aliphatic hydroxyl groups is 1. The van der Waals surface area contributed by atoms with E-state index in [2.05, 4.69) is 12.2 Å². The van der Waals surface area contributed by atoms with E-state index in [1.165, 1.54) is 0 Å². The number of hydrogen-bond acceptors (Lipinski definition) is 5. The molecular weight excluding hydrogens is 234 g/mol. The van der Waals surface area contributed by atoms with Gasteiger partial charge in [0.15, 0.2) is 11.5 Å². The van der Waals surface area contributed by atoms with Crippen LogP contribution in [0.3, 0.4) is 0 Å². The molecule has 100 valence electrons. The Bertz CT molecular complexity index is 408. The highest BCUT2D eigenvalue weighted by atomic mass is 16.7. The van der Waals surface area contributed by atoms with Crippen molar-refractivity contribution >= 4 is 0 Å². The van der Waals surface area contributed by atoms with Gasteiger partial charge in [-0.25, -0.2) is 0 Å². The molecular formula is C13H19NO4. The summed E-state index contributed by atoms with van der Waals surface area (Å²) in [5.41, 5.74) is 0.787. The Hall–Kier alpha value is -1.46. The van der Waals surface area contributed by atoms with Gasteiger partial charge in [0, 0.05) is 24.8 Å². The molecule has 0 aromatic heterocycles. The molecule has 1 aliphatic rings. The molecule has 0 saturated heterocycles. The minimum Gasteiger partial charge on any atom is -0.507 e. The van der Waals surface area contributed by atoms with Gasteiger partial charge in [0.25, 0.3) is 0 Å². The van der Waals surface area contributed by atoms with Crippen molar-refractivity contribution in [2.75, 3.05) is 19.9 Å². The zero-order chi connectivity index (χ0) is 13.0. The third-order valence-electron chi connectivity index (χ3n) is 3.00. The normalized spacial score (nSPS) is 14.8. The summed E-state index contributed by atoms with van der Waals surface area (Å²) in [4.78, 5) is 0. The third-order valence-corrected chi connectivity index (χ3v) is 3.00. The Labute approximate surface area is 106 Å². The summed E-state index contributed by atoms with van der Waals surface area (Å²) in [6.07, 6.45) is 0.778. The molecule has 5 nitrogen and oxygen atoms in total. The highest BCUT2D eigenvalue weighted by Crippen LogP contribution is 2.37. The number of aliphatic hydroxyl groups excluding tert-OH is 1. The highest BCUT2D eigenvalue weighted by molar-refractivity contribution is 5.51. The van der Waals surface area contributed by atoms with Crippen molar-refractivity contribution in [2.45, 2.75) is 19.9 Å². The fourth-order valence-corrected chi connectivity index (χ4v) is 1.89. The Morgan fingerprint density at radius 2 is 2.06 bits per heavy atom. The van der Waals surface area contributed by atoms with Crippen LogP contribution in [-0.2, 0) is 6.54 Å². The van der Waals surface area contributed by atoms with E-state index in [0.29, 0.717) is 24.0 Å². The topological polar surface area (TPSA) is 71.0 Å². The Morgan fingerprint density at radius 1 is 1.33 bits per heavy atom. The summed E-state index contributed by atoms with van der Waals surface area (Å²) in [6.45, 7) is 3.85. The van der Waals surface area contributed by atoms with Crippen molar-refractivity contribution in [3.05, 3.63) is 17.7 Å². The molecule has 1 heterocycles. The number of aromatic hydroxyl groups is 1. The number of rotatable bonds is 6. The van der Waals surface area contributed by atoms with Gasteiger partial charge in [0.1, 0.15) is 5.75 Å². The predicted molar refractivity (Wildman–Crippen MR) is 66.8 cm³/mol. The molecule has 0 saturated carbocycles. The molecule has 0 aliphatic carbocycles. The maximum Gasteiger partial charge on any atom is 0.231 e. The first-order valence-corrected chi connectivity index (χ1v) is 6.13. The average Bonchev–Trinajstić information content (AvgIpc) is 2.76. The standard InChI is InChI=1S/C13H19NO4/c1-9(2-3-15)6-14-7-10-4-12-13(5-11(10)16)18-8-17-12/h4-5,9,14-16H,2-3,6-8H2,1H3. The highest BCUT2D eigenvalue weighted by Gasteiger charge is 2.16. The lowest BCUT2D eigenvalue weighted by molar-refractivity contribution is 0.174. The van der Waals surface area contributed by atoms with E-state index in [-0.39, 0.29) is 19.1 Å². The molecule has 18 heavy (non-hydrogen) atoms. The van der Waals surface area contributed by atoms with E-state index in [0.717, 1.165) is 18.5 Å². The van der Waals surface area contributed by atoms with Crippen LogP contribution in [0.25, 0.3) is 0 Å². The zero-order valence-electron chi connectivity index (χ0n) is 10.5. The second-order valence-electron chi connectivity index (χ2n) is 4.58. The van der Waals surface area contributed by atoms with E-state index in [1.807, 2.05) is 0 Å². The van der Waals surface area contributed by atoms with Gasteiger partial charge in [-0.2, -0.15) is 0 Å². The van der Waals surface area contributed by atoms with Crippen LogP contribution in [0.5, 0.6) is 17.2 Å². The van der Waals surface area contributed by atoms with Gasteiger partial charge >= 0.3 is 0 Å². The lowest BCUT2D eigenvalue weighted by atomic mass is 10.1. The number of nitrogens with one attached hydrogen (secondary N) is 1. The van der Waals surface area contributed by atoms with Crippen LogP contribution in [0.15, 0.2) is 12.1 Å². The quantitative estimate of drug-likeness (QED) is 0.711. The minimum absolute atomic E-state index is 0.206. The van der Waals surface area contributed by atoms with E-state index in [9.17, 15) is 5.11 Å². The van der Waals surface area contributed by atoms with Crippen molar-refractivity contribution in [3.63, 3.8) is 0 Å². The first-order chi connectivity index (χ1) is 8.70. The molecule has 1 aromatic carbocycles. The second kappa shape index (κ2) is 5.93. The Balaban J connectivity index is 1.90. The number of benzene rings is 1. The predicted octanol–water partition coefficient (Wildman–Crippen LogP) is 1.23. The monoisotopic (exact) mass is 253 g/mol. The van der Waals surface area contributed by atoms with E-state index in [4.69, 9.17) is 14.6 Å². The summed E-state index contributed by atoms with van der Waals surface area (Å²) in [6, 6.07) is 3.37. The van der Waals surface area contributed by atoms with Gasteiger partial charge < -0.3 is 25.0 Å². The zero-order valence-corrected chi connectivity index (χ0v) is 10.5. The molecule has 0 fully saturated rings. The summed E-state index contributed by atoms with van der Waals surface area (Å²) >= 11 is 0. The van der Waals surface area contributed by atoms with Crippen molar-refractivity contribution in [1.82, 2.24) is 5.32 Å². The molecule has 0 amide bonds. The molecule has 0 radical (unpaired) electrons.